The number of nitrogens with two attached hydrogens (primary N) is 1. The third kappa shape index (κ3) is 11.5. The van der Waals surface area contributed by atoms with Gasteiger partial charge in [-0.05, 0) is 0 Å². The van der Waals surface area contributed by atoms with Gasteiger partial charge >= 0.3 is 84.6 Å². The van der Waals surface area contributed by atoms with Crippen LogP contribution in [0.4, 0.5) is 0 Å². The summed E-state index contributed by atoms with van der Waals surface area (Å²) >= 11 is 0.996. The summed E-state index contributed by atoms with van der Waals surface area (Å²) in [6.45, 7) is 0.241. The molecule has 0 saturated carbocycles. The van der Waals surface area contributed by atoms with E-state index in [9.17, 15) is 0 Å². The molecule has 7 heavy (non-hydrogen) atoms. The van der Waals surface area contributed by atoms with Crippen molar-refractivity contribution in [1.82, 2.24) is 0 Å². The predicted molar refractivity (Wildman–Crippen MR) is 32.6 cm³/mol. The van der Waals surface area contributed by atoms with Crippen LogP contribution >= 0.6 is 0 Å². The van der Waals surface area contributed by atoms with Crippen LogP contribution in [-0.2, 0) is 0 Å². The van der Waals surface area contributed by atoms with E-state index in [-0.39, 0.29) is 39.5 Å². The molecule has 0 bridgehead atoms. The Labute approximate surface area is 83.5 Å². The fourth-order valence-corrected chi connectivity index (χ4v) is 0.462. The molecule has 0 spiro atoms. The van der Waals surface area contributed by atoms with Crippen LogP contribution in [0.5, 0.6) is 0 Å². The van der Waals surface area contributed by atoms with Crippen molar-refractivity contribution in [2.45, 2.75) is 9.71 Å². The number of rotatable bonds is 2. The van der Waals surface area contributed by atoms with Crippen LogP contribution in [0.25, 0.3) is 0 Å². The van der Waals surface area contributed by atoms with E-state index in [1.165, 1.54) is 0 Å². The van der Waals surface area contributed by atoms with Crippen LogP contribution < -0.4 is 5.73 Å². The van der Waals surface area contributed by atoms with Crippen molar-refractivity contribution in [3.05, 3.63) is 0 Å². The molecule has 0 aromatic heterocycles. The second-order valence-corrected chi connectivity index (χ2v) is 2.97. The first-order valence-corrected chi connectivity index (χ1v) is 3.29. The van der Waals surface area contributed by atoms with Crippen molar-refractivity contribution in [1.29, 1.82) is 0 Å². The van der Waals surface area contributed by atoms with Crippen LogP contribution in [-0.4, -0.2) is 72.5 Å². The number of hydrogen-bond donors (Lipinski definition) is 2. The molecular weight excluding hydrogens is 112 g/mol. The fourth-order valence-electron chi connectivity index (χ4n) is 0.204. The average molecular weight is 121 g/mol. The van der Waals surface area contributed by atoms with Gasteiger partial charge in [0.25, 0.3) is 0 Å². The van der Waals surface area contributed by atoms with Crippen LogP contribution in [0.2, 0.25) is 0 Å². The molecule has 0 aromatic rings. The third-order valence-corrected chi connectivity index (χ3v) is 1.16. The summed E-state index contributed by atoms with van der Waals surface area (Å²) in [6, 6.07) is 0. The standard InChI is InChI=1S/C3H8NO.2Na.H/c4-2-1-3-5;;;/h2,5H,1,3-4H2;;;. The van der Waals surface area contributed by atoms with Crippen LogP contribution in [0.3, 0.4) is 0 Å². The molecule has 34 valence electrons. The van der Waals surface area contributed by atoms with Gasteiger partial charge in [0, 0.05) is 0 Å². The number of aliphatic hydroxyl groups excluding tert-OH is 1. The molecule has 1 unspecified atom stereocenters. The van der Waals surface area contributed by atoms with E-state index in [0.717, 1.165) is 34.4 Å². The molecule has 0 aromatic carbocycles. The van der Waals surface area contributed by atoms with Gasteiger partial charge in [-0.15, -0.1) is 0 Å². The zero-order valence-corrected chi connectivity index (χ0v) is 6.02. The fraction of sp³-hybridized carbons (Fsp3) is 1.00. The second kappa shape index (κ2) is 7.92. The van der Waals surface area contributed by atoms with E-state index in [1.54, 1.807) is 0 Å². The number of hydrogen-bond acceptors (Lipinski definition) is 2. The molecule has 4 heteroatoms. The van der Waals surface area contributed by atoms with Gasteiger partial charge in [-0.25, -0.2) is 0 Å². The van der Waals surface area contributed by atoms with Gasteiger partial charge in [0.2, 0.25) is 0 Å². The molecule has 0 radical (unpaired) electrons. The zero-order valence-electron chi connectivity index (χ0n) is 4.02. The quantitative estimate of drug-likeness (QED) is 0.422. The van der Waals surface area contributed by atoms with Crippen LogP contribution in [0, 0.1) is 0 Å². The first-order valence-electron chi connectivity index (χ1n) is 2.14. The Bertz CT molecular complexity index is 34.1. The molecule has 2 nitrogen and oxygen atoms in total. The molecule has 1 atom stereocenters. The van der Waals surface area contributed by atoms with Gasteiger partial charge in [0.05, 0.1) is 0 Å². The summed E-state index contributed by atoms with van der Waals surface area (Å²) in [7, 11) is 0. The summed E-state index contributed by atoms with van der Waals surface area (Å²) in [4.78, 5) is 0. The SMILES string of the molecule is N[CH]([Na])CCO.[NaH]. The molecule has 0 rings (SSSR count). The van der Waals surface area contributed by atoms with Crippen molar-refractivity contribution in [3.8, 4) is 0 Å². The Balaban J connectivity index is 0. The summed E-state index contributed by atoms with van der Waals surface area (Å²) in [6.07, 6.45) is 0.770. The molecule has 3 N–H and O–H groups in total. The average Bonchev–Trinajstić information content (AvgIpc) is 1.35. The van der Waals surface area contributed by atoms with E-state index in [1.807, 2.05) is 0 Å². The maximum absolute atomic E-state index is 8.18. The van der Waals surface area contributed by atoms with Gasteiger partial charge in [-0.1, -0.05) is 0 Å². The normalized spacial score (nSPS) is 12.6. The zero-order chi connectivity index (χ0) is 4.99. The Hall–Kier alpha value is 1.92. The van der Waals surface area contributed by atoms with E-state index < -0.39 is 0 Å². The summed E-state index contributed by atoms with van der Waals surface area (Å²) < 4.78 is 0.287. The third-order valence-electron chi connectivity index (χ3n) is 0.584. The molecule has 0 fully saturated rings. The predicted octanol–water partition coefficient (Wildman–Crippen LogP) is -1.83. The van der Waals surface area contributed by atoms with E-state index in [4.69, 9.17) is 10.8 Å². The molecule has 0 aliphatic carbocycles. The van der Waals surface area contributed by atoms with E-state index in [2.05, 4.69) is 0 Å². The summed E-state index contributed by atoms with van der Waals surface area (Å²) in [5.41, 5.74) is 5.30. The monoisotopic (exact) mass is 121 g/mol. The Morgan fingerprint density at radius 3 is 2.14 bits per heavy atom. The van der Waals surface area contributed by atoms with Crippen molar-refractivity contribution >= 4 is 57.5 Å². The molecule has 0 heterocycles. The van der Waals surface area contributed by atoms with Gasteiger partial charge in [0.1, 0.15) is 0 Å². The second-order valence-electron chi connectivity index (χ2n) is 1.49. The molecule has 0 amide bonds. The molecule has 0 aliphatic rings. The van der Waals surface area contributed by atoms with Crippen molar-refractivity contribution in [3.63, 3.8) is 0 Å². The van der Waals surface area contributed by atoms with Gasteiger partial charge in [-0.3, -0.25) is 0 Å². The minimum absolute atomic E-state index is 0. The topological polar surface area (TPSA) is 46.2 Å². The molecular formula is C3H9NNa2O. The summed E-state index contributed by atoms with van der Waals surface area (Å²) in [5, 5.41) is 8.18. The first kappa shape index (κ1) is 11.7. The molecule has 0 aliphatic heterocycles. The first-order chi connectivity index (χ1) is 2.77. The minimum atomic E-state index is 0. The Morgan fingerprint density at radius 2 is 2.14 bits per heavy atom. The summed E-state index contributed by atoms with van der Waals surface area (Å²) in [5.74, 6) is 0. The van der Waals surface area contributed by atoms with Crippen molar-refractivity contribution in [2.75, 3.05) is 6.61 Å². The van der Waals surface area contributed by atoms with Crippen LogP contribution in [0.15, 0.2) is 0 Å². The van der Waals surface area contributed by atoms with Crippen molar-refractivity contribution in [2.24, 2.45) is 5.73 Å². The van der Waals surface area contributed by atoms with E-state index in [0.29, 0.717) is 0 Å². The van der Waals surface area contributed by atoms with Gasteiger partial charge in [0.15, 0.2) is 0 Å². The van der Waals surface area contributed by atoms with Crippen LogP contribution in [0.1, 0.15) is 6.42 Å². The number of aliphatic hydroxyl groups is 1. The maximum atomic E-state index is 8.18. The van der Waals surface area contributed by atoms with Gasteiger partial charge in [-0.2, -0.15) is 0 Å². The Morgan fingerprint density at radius 1 is 1.71 bits per heavy atom. The van der Waals surface area contributed by atoms with E-state index >= 15 is 0 Å². The van der Waals surface area contributed by atoms with Crippen molar-refractivity contribution < 1.29 is 5.11 Å². The van der Waals surface area contributed by atoms with Gasteiger partial charge < -0.3 is 0 Å². The Kier molecular flexibility index (Phi) is 13.2. The molecule has 0 saturated heterocycles.